The molecule has 0 radical (unpaired) electrons. The maximum atomic E-state index is 12.3. The zero-order valence-electron chi connectivity index (χ0n) is 19.5. The Morgan fingerprint density at radius 3 is 2.60 bits per heavy atom. The number of methoxy groups -OCH3 is 1. The number of carboxylic acid groups (broad SMARTS) is 1. The van der Waals surface area contributed by atoms with Crippen molar-refractivity contribution in [1.82, 2.24) is 9.90 Å². The van der Waals surface area contributed by atoms with E-state index in [1.165, 1.54) is 30.7 Å². The summed E-state index contributed by atoms with van der Waals surface area (Å²) in [5, 5.41) is 31.9. The molecular weight excluding hydrogens is 470 g/mol. The first-order chi connectivity index (χ1) is 16.6. The number of aryl methyl sites for hydroxylation is 1. The molecule has 10 heteroatoms. The predicted molar refractivity (Wildman–Crippen MR) is 132 cm³/mol. The molecule has 0 unspecified atom stereocenters. The fraction of sp³-hybridized carbons (Fsp3) is 0.240. The number of hydrogen-bond donors (Lipinski definition) is 4. The molecule has 0 fully saturated rings. The van der Waals surface area contributed by atoms with Gasteiger partial charge in [0.25, 0.3) is 0 Å². The third-order valence-corrected chi connectivity index (χ3v) is 5.88. The molecule has 0 aliphatic carbocycles. The summed E-state index contributed by atoms with van der Waals surface area (Å²) in [6.07, 6.45) is 2.35. The number of ether oxygens (including phenoxy) is 1. The number of carbonyl (C=O) groups is 2. The highest BCUT2D eigenvalue weighted by Crippen LogP contribution is 2.29. The van der Waals surface area contributed by atoms with Gasteiger partial charge in [-0.2, -0.15) is 10.4 Å². The van der Waals surface area contributed by atoms with Crippen LogP contribution in [0.5, 0.6) is 5.75 Å². The first-order valence-corrected chi connectivity index (χ1v) is 11.7. The van der Waals surface area contributed by atoms with Gasteiger partial charge in [0, 0.05) is 17.5 Å². The monoisotopic (exact) mass is 496 g/mol. The molecule has 0 saturated heterocycles. The lowest BCUT2D eigenvalue weighted by atomic mass is 9.99. The third-order valence-electron chi connectivity index (χ3n) is 5.13. The summed E-state index contributed by atoms with van der Waals surface area (Å²) in [7, 11) is 1.33. The minimum Gasteiger partial charge on any atom is -0.494 e. The van der Waals surface area contributed by atoms with Crippen LogP contribution in [0.25, 0.3) is 0 Å². The minimum atomic E-state index is -1.80. The number of anilines is 1. The van der Waals surface area contributed by atoms with E-state index in [0.717, 1.165) is 29.7 Å². The predicted octanol–water partition coefficient (Wildman–Crippen LogP) is 5.04. The van der Waals surface area contributed by atoms with Crippen LogP contribution < -0.4 is 15.1 Å². The van der Waals surface area contributed by atoms with Gasteiger partial charge in [-0.15, -0.1) is 21.8 Å². The summed E-state index contributed by atoms with van der Waals surface area (Å²) in [4.78, 5) is 25.8. The lowest BCUT2D eigenvalue weighted by molar-refractivity contribution is -0.274. The molecule has 1 heterocycles. The van der Waals surface area contributed by atoms with E-state index in [1.54, 1.807) is 12.1 Å². The summed E-state index contributed by atoms with van der Waals surface area (Å²) in [6.45, 7) is 3.92. The zero-order chi connectivity index (χ0) is 25.6. The second-order valence-electron chi connectivity index (χ2n) is 7.75. The Balaban J connectivity index is 1.76. The number of thiazole rings is 1. The Morgan fingerprint density at radius 1 is 1.17 bits per heavy atom. The van der Waals surface area contributed by atoms with Gasteiger partial charge in [-0.25, -0.2) is 4.79 Å². The molecule has 0 bridgehead atoms. The van der Waals surface area contributed by atoms with Crippen LogP contribution in [0, 0.1) is 18.8 Å². The van der Waals surface area contributed by atoms with Crippen molar-refractivity contribution >= 4 is 34.6 Å². The minimum absolute atomic E-state index is 0.0128. The Bertz CT molecular complexity index is 1310. The van der Waals surface area contributed by atoms with E-state index in [1.807, 2.05) is 19.9 Å². The summed E-state index contributed by atoms with van der Waals surface area (Å²) in [5.74, 6) is 4.82. The van der Waals surface area contributed by atoms with Crippen molar-refractivity contribution in [3.8, 4) is 17.6 Å². The lowest BCUT2D eigenvalue weighted by Crippen LogP contribution is -2.48. The van der Waals surface area contributed by atoms with Crippen molar-refractivity contribution in [2.75, 3.05) is 12.5 Å². The maximum Gasteiger partial charge on any atom is 0.335 e. The number of benzene rings is 2. The first kappa shape index (κ1) is 25.9. The number of nitrogens with zero attached hydrogens (tertiary/aromatic N) is 2. The zero-order valence-corrected chi connectivity index (χ0v) is 20.3. The van der Waals surface area contributed by atoms with E-state index in [2.05, 4.69) is 22.3 Å². The molecule has 4 N–H and O–H groups in total. The number of carboxylic acids is 1. The van der Waals surface area contributed by atoms with Crippen LogP contribution in [0.15, 0.2) is 41.8 Å². The van der Waals surface area contributed by atoms with E-state index in [-0.39, 0.29) is 28.6 Å². The van der Waals surface area contributed by atoms with Crippen LogP contribution in [-0.2, 0) is 0 Å². The van der Waals surface area contributed by atoms with Crippen LogP contribution in [0.1, 0.15) is 63.0 Å². The van der Waals surface area contributed by atoms with Gasteiger partial charge in [-0.3, -0.25) is 4.79 Å². The maximum absolute atomic E-state index is 12.3. The van der Waals surface area contributed by atoms with E-state index >= 15 is 0 Å². The summed E-state index contributed by atoms with van der Waals surface area (Å²) < 4.78 is 5.14. The van der Waals surface area contributed by atoms with Gasteiger partial charge in [0.05, 0.1) is 18.1 Å². The lowest BCUT2D eigenvalue weighted by Gasteiger charge is -2.20. The number of Topliss-reactive ketones (excluding diaryl/α,β-unsaturated/α-hetero) is 1. The smallest absolute Gasteiger partial charge is 0.335 e. The Kier molecular flexibility index (Phi) is 8.22. The Hall–Kier alpha value is -3.75. The summed E-state index contributed by atoms with van der Waals surface area (Å²) >= 11 is 1.12. The van der Waals surface area contributed by atoms with Crippen molar-refractivity contribution in [2.24, 2.45) is 0 Å². The number of aromatic nitrogens is 1. The van der Waals surface area contributed by atoms with Crippen molar-refractivity contribution in [3.63, 3.8) is 0 Å². The molecule has 0 aliphatic heterocycles. The summed E-state index contributed by atoms with van der Waals surface area (Å²) in [5.41, 5.74) is 4.83. The average Bonchev–Trinajstić information content (AvgIpc) is 3.31. The fourth-order valence-electron chi connectivity index (χ4n) is 3.26. The van der Waals surface area contributed by atoms with Gasteiger partial charge in [-0.05, 0) is 61.2 Å². The largest absolute Gasteiger partial charge is 0.494 e. The van der Waals surface area contributed by atoms with E-state index in [4.69, 9.17) is 9.84 Å². The number of nitrogens with one attached hydrogen (secondary N) is 1. The molecule has 0 spiro atoms. The van der Waals surface area contributed by atoms with Crippen molar-refractivity contribution in [1.29, 1.82) is 0 Å². The quantitative estimate of drug-likeness (QED) is 0.140. The number of quaternary nitrogens is 1. The molecule has 3 aromatic rings. The highest BCUT2D eigenvalue weighted by Gasteiger charge is 2.32. The van der Waals surface area contributed by atoms with Crippen LogP contribution in [0.3, 0.4) is 0 Å². The molecule has 35 heavy (non-hydrogen) atoms. The molecule has 0 amide bonds. The van der Waals surface area contributed by atoms with E-state index < -0.39 is 10.9 Å². The molecule has 0 saturated carbocycles. The topological polar surface area (TPSA) is 129 Å². The third kappa shape index (κ3) is 6.44. The SMILES string of the molecule is CCCCC(=O)c1ccc(C#Cc2nc([N+](O)(O)Nc3ccc(C(=O)O)cc3OC)cs2)cc1C. The van der Waals surface area contributed by atoms with E-state index in [9.17, 15) is 20.0 Å². The van der Waals surface area contributed by atoms with Gasteiger partial charge >= 0.3 is 11.8 Å². The van der Waals surface area contributed by atoms with Gasteiger partial charge in [-0.1, -0.05) is 19.3 Å². The highest BCUT2D eigenvalue weighted by molar-refractivity contribution is 7.10. The second kappa shape index (κ2) is 11.1. The molecule has 2 aromatic carbocycles. The standard InChI is InChI=1S/C25H25N3O6S/c1-4-5-6-21(29)19-10-7-17(13-16(19)2)8-12-24-26-23(15-35-24)28(32,33)27-20-11-9-18(25(30)31)14-22(20)34-3/h7,9-11,13-15,27,32-33H,4-6H2,1-3H3/p+1. The molecule has 9 nitrogen and oxygen atoms in total. The Morgan fingerprint density at radius 2 is 1.94 bits per heavy atom. The van der Waals surface area contributed by atoms with Crippen LogP contribution in [-0.4, -0.2) is 39.4 Å². The van der Waals surface area contributed by atoms with Crippen molar-refractivity contribution in [3.05, 3.63) is 69.0 Å². The van der Waals surface area contributed by atoms with Crippen LogP contribution >= 0.6 is 11.3 Å². The highest BCUT2D eigenvalue weighted by atomic mass is 32.1. The van der Waals surface area contributed by atoms with Gasteiger partial charge in [0.1, 0.15) is 16.4 Å². The number of carbonyl (C=O) groups excluding carboxylic acids is 1. The van der Waals surface area contributed by atoms with Gasteiger partial charge in [0.2, 0.25) is 0 Å². The molecule has 182 valence electrons. The fourth-order valence-corrected chi connectivity index (χ4v) is 3.93. The van der Waals surface area contributed by atoms with Gasteiger partial charge in [0.15, 0.2) is 10.8 Å². The van der Waals surface area contributed by atoms with Crippen LogP contribution in [0.2, 0.25) is 0 Å². The van der Waals surface area contributed by atoms with Crippen molar-refractivity contribution in [2.45, 2.75) is 33.1 Å². The van der Waals surface area contributed by atoms with Gasteiger partial charge < -0.3 is 9.84 Å². The van der Waals surface area contributed by atoms with Crippen LogP contribution in [0.4, 0.5) is 11.5 Å². The molecule has 0 aliphatic rings. The summed E-state index contributed by atoms with van der Waals surface area (Å²) in [6, 6.07) is 9.31. The van der Waals surface area contributed by atoms with E-state index in [0.29, 0.717) is 22.6 Å². The van der Waals surface area contributed by atoms with Crippen molar-refractivity contribution < 1.29 is 29.8 Å². The first-order valence-electron chi connectivity index (χ1n) is 10.8. The average molecular weight is 497 g/mol. The molecule has 0 atom stereocenters. The molecular formula is C25H26N3O6S+. The molecule has 1 aromatic heterocycles. The number of rotatable bonds is 9. The normalized spacial score (nSPS) is 10.9. The number of unbranched alkanes of at least 4 members (excludes halogenated alkanes) is 1. The Labute approximate surface area is 206 Å². The second-order valence-corrected chi connectivity index (χ2v) is 8.61. The number of aromatic carboxylic acids is 1. The number of hydrogen-bond acceptors (Lipinski definition) is 8. The number of ketones is 1. The molecule has 3 rings (SSSR count).